The molecule has 0 atom stereocenters. The van der Waals surface area contributed by atoms with Crippen molar-refractivity contribution in [2.45, 2.75) is 12.8 Å². The van der Waals surface area contributed by atoms with Crippen molar-refractivity contribution < 1.29 is 17.9 Å². The topological polar surface area (TPSA) is 75.7 Å². The standard InChI is InChI=1S/C18H21ClN2O4S/c1-25-17-11-10-15(13-16(17)19)21(26(2,23)24)12-6-9-18(22)20-14-7-4-3-5-8-14/h3-5,7-8,10-11,13H,6,9,12H2,1-2H3,(H,20,22). The highest BCUT2D eigenvalue weighted by Gasteiger charge is 2.19. The molecule has 2 aromatic carbocycles. The summed E-state index contributed by atoms with van der Waals surface area (Å²) in [5.74, 6) is 0.295. The number of halogens is 1. The molecule has 0 fully saturated rings. The summed E-state index contributed by atoms with van der Waals surface area (Å²) < 4.78 is 30.5. The minimum atomic E-state index is -3.51. The molecule has 0 radical (unpaired) electrons. The molecule has 6 nitrogen and oxygen atoms in total. The molecule has 0 aliphatic heterocycles. The first kappa shape index (κ1) is 20.1. The van der Waals surface area contributed by atoms with E-state index in [1.165, 1.54) is 17.5 Å². The van der Waals surface area contributed by atoms with E-state index in [1.807, 2.05) is 18.2 Å². The molecule has 0 saturated carbocycles. The van der Waals surface area contributed by atoms with E-state index in [1.54, 1.807) is 24.3 Å². The number of hydrogen-bond donors (Lipinski definition) is 1. The Hall–Kier alpha value is -2.25. The summed E-state index contributed by atoms with van der Waals surface area (Å²) in [4.78, 5) is 12.0. The van der Waals surface area contributed by atoms with Crippen molar-refractivity contribution >= 4 is 38.9 Å². The van der Waals surface area contributed by atoms with Crippen molar-refractivity contribution in [1.82, 2.24) is 0 Å². The smallest absolute Gasteiger partial charge is 0.232 e. The number of methoxy groups -OCH3 is 1. The number of rotatable bonds is 8. The van der Waals surface area contributed by atoms with Crippen LogP contribution >= 0.6 is 11.6 Å². The molecule has 140 valence electrons. The first-order valence-corrected chi connectivity index (χ1v) is 10.2. The molecule has 0 aromatic heterocycles. The number of ether oxygens (including phenoxy) is 1. The fraction of sp³-hybridized carbons (Fsp3) is 0.278. The van der Waals surface area contributed by atoms with Gasteiger partial charge in [-0.3, -0.25) is 9.10 Å². The number of carbonyl (C=O) groups is 1. The van der Waals surface area contributed by atoms with Gasteiger partial charge in [0.05, 0.1) is 24.1 Å². The zero-order valence-corrected chi connectivity index (χ0v) is 16.2. The van der Waals surface area contributed by atoms with Gasteiger partial charge < -0.3 is 10.1 Å². The Balaban J connectivity index is 2.01. The van der Waals surface area contributed by atoms with Crippen molar-refractivity contribution in [3.63, 3.8) is 0 Å². The maximum absolute atomic E-state index is 12.1. The molecule has 0 aliphatic carbocycles. The van der Waals surface area contributed by atoms with Crippen LogP contribution in [0.5, 0.6) is 5.75 Å². The van der Waals surface area contributed by atoms with Gasteiger partial charge in [0.2, 0.25) is 15.9 Å². The van der Waals surface area contributed by atoms with Crippen LogP contribution in [0.3, 0.4) is 0 Å². The lowest BCUT2D eigenvalue weighted by molar-refractivity contribution is -0.116. The number of anilines is 2. The SMILES string of the molecule is COc1ccc(N(CCCC(=O)Nc2ccccc2)S(C)(=O)=O)cc1Cl. The van der Waals surface area contributed by atoms with Crippen molar-refractivity contribution in [3.05, 3.63) is 53.6 Å². The summed E-state index contributed by atoms with van der Waals surface area (Å²) in [6.07, 6.45) is 1.69. The normalized spacial score (nSPS) is 11.0. The number of benzene rings is 2. The Bertz CT molecular complexity index is 857. The number of nitrogens with zero attached hydrogens (tertiary/aromatic N) is 1. The van der Waals surface area contributed by atoms with Gasteiger partial charge in [-0.25, -0.2) is 8.42 Å². The van der Waals surface area contributed by atoms with E-state index in [9.17, 15) is 13.2 Å². The molecule has 1 amide bonds. The largest absolute Gasteiger partial charge is 0.495 e. The van der Waals surface area contributed by atoms with Crippen molar-refractivity contribution in [2.24, 2.45) is 0 Å². The van der Waals surface area contributed by atoms with Crippen LogP contribution in [0.15, 0.2) is 48.5 Å². The molecule has 2 aromatic rings. The van der Waals surface area contributed by atoms with Gasteiger partial charge in [-0.2, -0.15) is 0 Å². The minimum Gasteiger partial charge on any atom is -0.495 e. The van der Waals surface area contributed by atoms with E-state index in [2.05, 4.69) is 5.32 Å². The third-order valence-electron chi connectivity index (χ3n) is 3.65. The van der Waals surface area contributed by atoms with E-state index in [0.29, 0.717) is 28.6 Å². The van der Waals surface area contributed by atoms with Crippen LogP contribution in [0.1, 0.15) is 12.8 Å². The maximum atomic E-state index is 12.1. The quantitative estimate of drug-likeness (QED) is 0.740. The predicted octanol–water partition coefficient (Wildman–Crippen LogP) is 3.53. The monoisotopic (exact) mass is 396 g/mol. The average molecular weight is 397 g/mol. The molecule has 0 spiro atoms. The van der Waals surface area contributed by atoms with Gasteiger partial charge in [0.1, 0.15) is 5.75 Å². The Morgan fingerprint density at radius 1 is 1.19 bits per heavy atom. The van der Waals surface area contributed by atoms with Crippen LogP contribution in [0.25, 0.3) is 0 Å². The highest BCUT2D eigenvalue weighted by Crippen LogP contribution is 2.30. The summed E-state index contributed by atoms with van der Waals surface area (Å²) in [6.45, 7) is 0.170. The zero-order chi connectivity index (χ0) is 19.2. The minimum absolute atomic E-state index is 0.169. The summed E-state index contributed by atoms with van der Waals surface area (Å²) in [6, 6.07) is 13.9. The number of carbonyl (C=O) groups excluding carboxylic acids is 1. The first-order chi connectivity index (χ1) is 12.3. The van der Waals surface area contributed by atoms with Gasteiger partial charge >= 0.3 is 0 Å². The van der Waals surface area contributed by atoms with Crippen LogP contribution in [-0.4, -0.2) is 34.2 Å². The third-order valence-corrected chi connectivity index (χ3v) is 5.14. The molecule has 0 bridgehead atoms. The van der Waals surface area contributed by atoms with Gasteiger partial charge in [0, 0.05) is 18.7 Å². The van der Waals surface area contributed by atoms with E-state index >= 15 is 0 Å². The van der Waals surface area contributed by atoms with Gasteiger partial charge in [-0.1, -0.05) is 29.8 Å². The third kappa shape index (κ3) is 5.64. The summed E-state index contributed by atoms with van der Waals surface area (Å²) >= 11 is 6.09. The summed E-state index contributed by atoms with van der Waals surface area (Å²) in [5, 5.41) is 3.09. The molecule has 0 heterocycles. The van der Waals surface area contributed by atoms with Crippen molar-refractivity contribution in [3.8, 4) is 5.75 Å². The zero-order valence-electron chi connectivity index (χ0n) is 14.6. The van der Waals surface area contributed by atoms with Crippen LogP contribution in [0, 0.1) is 0 Å². The van der Waals surface area contributed by atoms with Gasteiger partial charge in [0.15, 0.2) is 0 Å². The lowest BCUT2D eigenvalue weighted by Gasteiger charge is -2.23. The molecular weight excluding hydrogens is 376 g/mol. The van der Waals surface area contributed by atoms with E-state index in [4.69, 9.17) is 16.3 Å². The number of amides is 1. The highest BCUT2D eigenvalue weighted by molar-refractivity contribution is 7.92. The van der Waals surface area contributed by atoms with Crippen LogP contribution in [0.2, 0.25) is 5.02 Å². The second-order valence-electron chi connectivity index (χ2n) is 5.67. The summed E-state index contributed by atoms with van der Waals surface area (Å²) in [7, 11) is -2.02. The van der Waals surface area contributed by atoms with Gasteiger partial charge in [0.25, 0.3) is 0 Å². The summed E-state index contributed by atoms with van der Waals surface area (Å²) in [5.41, 5.74) is 1.14. The molecule has 26 heavy (non-hydrogen) atoms. The molecule has 2 rings (SSSR count). The number of hydrogen-bond acceptors (Lipinski definition) is 4. The maximum Gasteiger partial charge on any atom is 0.232 e. The van der Waals surface area contributed by atoms with E-state index in [-0.39, 0.29) is 18.9 Å². The Kier molecular flexibility index (Phi) is 6.88. The molecule has 1 N–H and O–H groups in total. The Morgan fingerprint density at radius 2 is 1.88 bits per heavy atom. The van der Waals surface area contributed by atoms with Gasteiger partial charge in [-0.05, 0) is 36.8 Å². The lowest BCUT2D eigenvalue weighted by Crippen LogP contribution is -2.31. The van der Waals surface area contributed by atoms with E-state index < -0.39 is 10.0 Å². The molecule has 0 saturated heterocycles. The van der Waals surface area contributed by atoms with Crippen LogP contribution < -0.4 is 14.4 Å². The second kappa shape index (κ2) is 8.91. The molecule has 8 heteroatoms. The number of nitrogens with one attached hydrogen (secondary N) is 1. The lowest BCUT2D eigenvalue weighted by atomic mass is 10.2. The number of para-hydroxylation sites is 1. The van der Waals surface area contributed by atoms with Crippen molar-refractivity contribution in [1.29, 1.82) is 0 Å². The van der Waals surface area contributed by atoms with Crippen LogP contribution in [0.4, 0.5) is 11.4 Å². The number of sulfonamides is 1. The molecular formula is C18H21ClN2O4S. The van der Waals surface area contributed by atoms with Crippen molar-refractivity contribution in [2.75, 3.05) is 29.5 Å². The van der Waals surface area contributed by atoms with Gasteiger partial charge in [-0.15, -0.1) is 0 Å². The first-order valence-electron chi connectivity index (χ1n) is 7.97. The Morgan fingerprint density at radius 3 is 2.46 bits per heavy atom. The molecule has 0 aliphatic rings. The van der Waals surface area contributed by atoms with E-state index in [0.717, 1.165) is 6.26 Å². The fourth-order valence-electron chi connectivity index (χ4n) is 2.43. The average Bonchev–Trinajstić information content (AvgIpc) is 2.58. The fourth-order valence-corrected chi connectivity index (χ4v) is 3.63. The Labute approximate surface area is 158 Å². The second-order valence-corrected chi connectivity index (χ2v) is 7.99. The predicted molar refractivity (Wildman–Crippen MR) is 104 cm³/mol. The van der Waals surface area contributed by atoms with Crippen LogP contribution in [-0.2, 0) is 14.8 Å². The molecule has 0 unspecified atom stereocenters. The highest BCUT2D eigenvalue weighted by atomic mass is 35.5.